The van der Waals surface area contributed by atoms with E-state index >= 15 is 0 Å². The van der Waals surface area contributed by atoms with Gasteiger partial charge >= 0.3 is 5.97 Å². The quantitative estimate of drug-likeness (QED) is 0.607. The highest BCUT2D eigenvalue weighted by atomic mass is 35.5. The van der Waals surface area contributed by atoms with Crippen molar-refractivity contribution >= 4 is 29.3 Å². The minimum atomic E-state index is -1.77. The highest BCUT2D eigenvalue weighted by molar-refractivity contribution is 7.98. The van der Waals surface area contributed by atoms with Gasteiger partial charge in [-0.05, 0) is 24.0 Å². The van der Waals surface area contributed by atoms with Crippen LogP contribution in [0.1, 0.15) is 11.7 Å². The van der Waals surface area contributed by atoms with Crippen LogP contribution in [0, 0.1) is 0 Å². The van der Waals surface area contributed by atoms with Crippen LogP contribution in [0.3, 0.4) is 0 Å². The summed E-state index contributed by atoms with van der Waals surface area (Å²) in [5.41, 5.74) is 0.213. The topological polar surface area (TPSA) is 26.3 Å². The van der Waals surface area contributed by atoms with Crippen molar-refractivity contribution in [1.82, 2.24) is 0 Å². The molecule has 0 saturated heterocycles. The minimum Gasteiger partial charge on any atom is -0.467 e. The third-order valence-corrected chi connectivity index (χ3v) is 3.10. The zero-order valence-electron chi connectivity index (χ0n) is 8.29. The number of ether oxygens (including phenoxy) is 1. The van der Waals surface area contributed by atoms with Crippen molar-refractivity contribution in [1.29, 1.82) is 0 Å². The van der Waals surface area contributed by atoms with E-state index in [1.807, 2.05) is 6.26 Å². The van der Waals surface area contributed by atoms with Gasteiger partial charge < -0.3 is 4.74 Å². The molecule has 1 rings (SSSR count). The number of esters is 1. The van der Waals surface area contributed by atoms with Gasteiger partial charge in [-0.1, -0.05) is 17.7 Å². The summed E-state index contributed by atoms with van der Waals surface area (Å²) in [5, 5.41) is 0.437. The number of rotatable bonds is 3. The standard InChI is InChI=1S/C10H10ClFO2S/c1-14-10(13)9(12)6-3-4-8(15-2)7(11)5-6/h3-5,9H,1-2H3. The lowest BCUT2D eigenvalue weighted by atomic mass is 10.1. The summed E-state index contributed by atoms with van der Waals surface area (Å²) in [4.78, 5) is 11.8. The molecule has 0 aliphatic carbocycles. The molecule has 0 spiro atoms. The van der Waals surface area contributed by atoms with Gasteiger partial charge in [-0.25, -0.2) is 9.18 Å². The second-order valence-electron chi connectivity index (χ2n) is 2.78. The average molecular weight is 249 g/mol. The molecule has 1 aromatic carbocycles. The molecule has 0 radical (unpaired) electrons. The van der Waals surface area contributed by atoms with E-state index < -0.39 is 12.1 Å². The molecular weight excluding hydrogens is 239 g/mol. The van der Waals surface area contributed by atoms with E-state index in [2.05, 4.69) is 4.74 Å². The number of halogens is 2. The summed E-state index contributed by atoms with van der Waals surface area (Å²) in [7, 11) is 1.15. The van der Waals surface area contributed by atoms with Gasteiger partial charge in [0.15, 0.2) is 0 Å². The molecule has 5 heteroatoms. The van der Waals surface area contributed by atoms with Crippen LogP contribution in [0.25, 0.3) is 0 Å². The number of thioether (sulfide) groups is 1. The second kappa shape index (κ2) is 5.37. The van der Waals surface area contributed by atoms with Crippen molar-refractivity contribution in [3.8, 4) is 0 Å². The van der Waals surface area contributed by atoms with Crippen molar-refractivity contribution in [3.05, 3.63) is 28.8 Å². The zero-order chi connectivity index (χ0) is 11.4. The molecule has 82 valence electrons. The molecular formula is C10H10ClFO2S. The Hall–Kier alpha value is -0.740. The lowest BCUT2D eigenvalue weighted by Crippen LogP contribution is -2.09. The van der Waals surface area contributed by atoms with E-state index in [0.29, 0.717) is 5.02 Å². The molecule has 1 unspecified atom stereocenters. The Labute approximate surface area is 96.8 Å². The highest BCUT2D eigenvalue weighted by Crippen LogP contribution is 2.29. The molecule has 0 saturated carbocycles. The van der Waals surface area contributed by atoms with Gasteiger partial charge in [0.25, 0.3) is 0 Å². The molecule has 0 amide bonds. The van der Waals surface area contributed by atoms with Gasteiger partial charge in [0.2, 0.25) is 6.17 Å². The first-order chi connectivity index (χ1) is 7.10. The van der Waals surface area contributed by atoms with Crippen LogP contribution in [-0.4, -0.2) is 19.3 Å². The molecule has 0 aliphatic rings. The van der Waals surface area contributed by atoms with E-state index in [1.54, 1.807) is 6.07 Å². The minimum absolute atomic E-state index is 0.213. The monoisotopic (exact) mass is 248 g/mol. The molecule has 0 aliphatic heterocycles. The van der Waals surface area contributed by atoms with Gasteiger partial charge in [0, 0.05) is 4.90 Å². The van der Waals surface area contributed by atoms with Crippen molar-refractivity contribution in [3.63, 3.8) is 0 Å². The number of hydrogen-bond acceptors (Lipinski definition) is 3. The van der Waals surface area contributed by atoms with Crippen molar-refractivity contribution < 1.29 is 13.9 Å². The predicted molar refractivity (Wildman–Crippen MR) is 59.1 cm³/mol. The molecule has 0 bridgehead atoms. The predicted octanol–water partition coefficient (Wildman–Crippen LogP) is 3.25. The van der Waals surface area contributed by atoms with E-state index in [-0.39, 0.29) is 5.56 Å². The summed E-state index contributed by atoms with van der Waals surface area (Å²) < 4.78 is 17.7. The molecule has 0 aromatic heterocycles. The number of alkyl halides is 1. The molecule has 2 nitrogen and oxygen atoms in total. The van der Waals surface area contributed by atoms with Gasteiger partial charge in [0.05, 0.1) is 12.1 Å². The maximum absolute atomic E-state index is 13.4. The normalized spacial score (nSPS) is 12.3. The smallest absolute Gasteiger partial charge is 0.345 e. The average Bonchev–Trinajstić information content (AvgIpc) is 2.26. The summed E-state index contributed by atoms with van der Waals surface area (Å²) in [6.07, 6.45) is 0.0945. The van der Waals surface area contributed by atoms with Gasteiger partial charge in [-0.3, -0.25) is 0 Å². The summed E-state index contributed by atoms with van der Waals surface area (Å²) in [6, 6.07) is 4.64. The number of carbonyl (C=O) groups is 1. The Morgan fingerprint density at radius 3 is 2.73 bits per heavy atom. The zero-order valence-corrected chi connectivity index (χ0v) is 9.86. The molecule has 0 heterocycles. The number of benzene rings is 1. The van der Waals surface area contributed by atoms with Crippen LogP contribution in [0.5, 0.6) is 0 Å². The fourth-order valence-corrected chi connectivity index (χ4v) is 1.96. The molecule has 0 fully saturated rings. The van der Waals surface area contributed by atoms with Crippen molar-refractivity contribution in [2.24, 2.45) is 0 Å². The first kappa shape index (κ1) is 12.3. The third kappa shape index (κ3) is 2.86. The summed E-state index contributed by atoms with van der Waals surface area (Å²) in [6.45, 7) is 0. The largest absolute Gasteiger partial charge is 0.467 e. The van der Waals surface area contributed by atoms with Crippen LogP contribution >= 0.6 is 23.4 Å². The van der Waals surface area contributed by atoms with E-state index in [0.717, 1.165) is 12.0 Å². The summed E-state index contributed by atoms with van der Waals surface area (Å²) >= 11 is 7.34. The maximum Gasteiger partial charge on any atom is 0.345 e. The number of methoxy groups -OCH3 is 1. The van der Waals surface area contributed by atoms with Gasteiger partial charge in [-0.2, -0.15) is 0 Å². The second-order valence-corrected chi connectivity index (χ2v) is 4.03. The van der Waals surface area contributed by atoms with Crippen molar-refractivity contribution in [2.45, 2.75) is 11.1 Å². The Bertz CT molecular complexity index is 370. The lowest BCUT2D eigenvalue weighted by Gasteiger charge is -2.08. The summed E-state index contributed by atoms with van der Waals surface area (Å²) in [5.74, 6) is -0.914. The van der Waals surface area contributed by atoms with Crippen LogP contribution in [0.15, 0.2) is 23.1 Å². The Morgan fingerprint density at radius 2 is 2.27 bits per heavy atom. The SMILES string of the molecule is COC(=O)C(F)c1ccc(SC)c(Cl)c1. The Morgan fingerprint density at radius 1 is 1.60 bits per heavy atom. The van der Waals surface area contributed by atoms with Crippen LogP contribution < -0.4 is 0 Å². The first-order valence-electron chi connectivity index (χ1n) is 4.15. The number of carbonyl (C=O) groups excluding carboxylic acids is 1. The fourth-order valence-electron chi connectivity index (χ4n) is 1.08. The van der Waals surface area contributed by atoms with Crippen LogP contribution in [0.2, 0.25) is 5.02 Å². The highest BCUT2D eigenvalue weighted by Gasteiger charge is 2.20. The van der Waals surface area contributed by atoms with E-state index in [1.165, 1.54) is 23.9 Å². The molecule has 1 atom stereocenters. The Kier molecular flexibility index (Phi) is 4.42. The van der Waals surface area contributed by atoms with Crippen molar-refractivity contribution in [2.75, 3.05) is 13.4 Å². The first-order valence-corrected chi connectivity index (χ1v) is 5.75. The molecule has 15 heavy (non-hydrogen) atoms. The molecule has 0 N–H and O–H groups in total. The maximum atomic E-state index is 13.4. The van der Waals surface area contributed by atoms with Gasteiger partial charge in [-0.15, -0.1) is 11.8 Å². The lowest BCUT2D eigenvalue weighted by molar-refractivity contribution is -0.146. The van der Waals surface area contributed by atoms with E-state index in [9.17, 15) is 9.18 Å². The third-order valence-electron chi connectivity index (χ3n) is 1.88. The number of hydrogen-bond donors (Lipinski definition) is 0. The van der Waals surface area contributed by atoms with Crippen LogP contribution in [-0.2, 0) is 9.53 Å². The van der Waals surface area contributed by atoms with Gasteiger partial charge in [0.1, 0.15) is 0 Å². The molecule has 1 aromatic rings. The fraction of sp³-hybridized carbons (Fsp3) is 0.300. The van der Waals surface area contributed by atoms with Crippen LogP contribution in [0.4, 0.5) is 4.39 Å². The van der Waals surface area contributed by atoms with E-state index in [4.69, 9.17) is 11.6 Å². The Balaban J connectivity index is 2.97.